The van der Waals surface area contributed by atoms with E-state index in [1.807, 2.05) is 0 Å². The molecule has 1 saturated heterocycles. The quantitative estimate of drug-likeness (QED) is 0.729. The molecule has 0 saturated carbocycles. The van der Waals surface area contributed by atoms with E-state index in [1.165, 1.54) is 42.7 Å². The van der Waals surface area contributed by atoms with Crippen LogP contribution in [-0.4, -0.2) is 13.1 Å². The maximum absolute atomic E-state index is 2.57. The Morgan fingerprint density at radius 2 is 1.67 bits per heavy atom. The van der Waals surface area contributed by atoms with Crippen LogP contribution >= 0.6 is 0 Å². The lowest BCUT2D eigenvalue weighted by atomic mass is 9.85. The number of nitrogens with zero attached hydrogens (tertiary/aromatic N) is 1. The van der Waals surface area contributed by atoms with Gasteiger partial charge >= 0.3 is 0 Å². The van der Waals surface area contributed by atoms with Gasteiger partial charge in [0, 0.05) is 18.8 Å². The van der Waals surface area contributed by atoms with Crippen LogP contribution in [0.3, 0.4) is 0 Å². The summed E-state index contributed by atoms with van der Waals surface area (Å²) < 4.78 is 0. The molecular formula is C17H27N. The Labute approximate surface area is 112 Å². The fourth-order valence-corrected chi connectivity index (χ4v) is 2.73. The summed E-state index contributed by atoms with van der Waals surface area (Å²) >= 11 is 0. The zero-order valence-corrected chi connectivity index (χ0v) is 12.6. The molecule has 0 spiro atoms. The standard InChI is InChI=1S/C17H27N/c1-13(2)15-9-8-14(17(3,4)5)12-16(15)18-10-6-7-11-18/h8-9,12-13H,6-7,10-11H2,1-5H3. The Morgan fingerprint density at radius 1 is 1.06 bits per heavy atom. The summed E-state index contributed by atoms with van der Waals surface area (Å²) in [7, 11) is 0. The number of benzene rings is 1. The summed E-state index contributed by atoms with van der Waals surface area (Å²) in [6.45, 7) is 13.9. The van der Waals surface area contributed by atoms with Gasteiger partial charge in [-0.05, 0) is 41.4 Å². The Hall–Kier alpha value is -0.980. The van der Waals surface area contributed by atoms with Crippen molar-refractivity contribution in [3.05, 3.63) is 29.3 Å². The highest BCUT2D eigenvalue weighted by molar-refractivity contribution is 5.58. The number of hydrogen-bond donors (Lipinski definition) is 0. The van der Waals surface area contributed by atoms with Crippen molar-refractivity contribution in [1.82, 2.24) is 0 Å². The van der Waals surface area contributed by atoms with Gasteiger partial charge in [0.15, 0.2) is 0 Å². The normalized spacial score (nSPS) is 16.7. The first-order valence-electron chi connectivity index (χ1n) is 7.29. The molecule has 1 aliphatic rings. The Morgan fingerprint density at radius 3 is 2.17 bits per heavy atom. The molecule has 100 valence electrons. The van der Waals surface area contributed by atoms with E-state index in [0.717, 1.165) is 0 Å². The van der Waals surface area contributed by atoms with Gasteiger partial charge in [-0.1, -0.05) is 46.8 Å². The molecule has 0 atom stereocenters. The maximum atomic E-state index is 2.57. The number of rotatable bonds is 2. The summed E-state index contributed by atoms with van der Waals surface area (Å²) in [4.78, 5) is 2.57. The van der Waals surface area contributed by atoms with E-state index in [0.29, 0.717) is 5.92 Å². The molecule has 18 heavy (non-hydrogen) atoms. The largest absolute Gasteiger partial charge is 0.371 e. The average molecular weight is 245 g/mol. The predicted octanol–water partition coefficient (Wildman–Crippen LogP) is 4.71. The van der Waals surface area contributed by atoms with Crippen LogP contribution in [0.25, 0.3) is 0 Å². The van der Waals surface area contributed by atoms with Crippen molar-refractivity contribution in [2.75, 3.05) is 18.0 Å². The third kappa shape index (κ3) is 2.71. The van der Waals surface area contributed by atoms with E-state index in [4.69, 9.17) is 0 Å². The first-order chi connectivity index (χ1) is 8.39. The van der Waals surface area contributed by atoms with Crippen molar-refractivity contribution in [3.8, 4) is 0 Å². The molecular weight excluding hydrogens is 218 g/mol. The average Bonchev–Trinajstić information content (AvgIpc) is 2.80. The second-order valence-electron chi connectivity index (χ2n) is 6.87. The smallest absolute Gasteiger partial charge is 0.0404 e. The van der Waals surface area contributed by atoms with Crippen molar-refractivity contribution >= 4 is 5.69 Å². The molecule has 0 aromatic heterocycles. The van der Waals surface area contributed by atoms with Crippen LogP contribution in [0.1, 0.15) is 64.5 Å². The second-order valence-corrected chi connectivity index (χ2v) is 6.87. The van der Waals surface area contributed by atoms with Crippen molar-refractivity contribution in [1.29, 1.82) is 0 Å². The number of anilines is 1. The summed E-state index contributed by atoms with van der Waals surface area (Å²) in [5.41, 5.74) is 4.68. The molecule has 1 aromatic carbocycles. The lowest BCUT2D eigenvalue weighted by molar-refractivity contribution is 0.589. The van der Waals surface area contributed by atoms with E-state index in [-0.39, 0.29) is 5.41 Å². The molecule has 0 unspecified atom stereocenters. The summed E-state index contributed by atoms with van der Waals surface area (Å²) in [6, 6.07) is 7.09. The van der Waals surface area contributed by atoms with Gasteiger partial charge in [0.05, 0.1) is 0 Å². The lowest BCUT2D eigenvalue weighted by Crippen LogP contribution is -2.21. The van der Waals surface area contributed by atoms with Crippen molar-refractivity contribution in [3.63, 3.8) is 0 Å². The van der Waals surface area contributed by atoms with Gasteiger partial charge in [-0.15, -0.1) is 0 Å². The molecule has 0 bridgehead atoms. The second kappa shape index (κ2) is 4.95. The molecule has 1 aliphatic heterocycles. The van der Waals surface area contributed by atoms with E-state index in [1.54, 1.807) is 0 Å². The van der Waals surface area contributed by atoms with Crippen LogP contribution in [0, 0.1) is 0 Å². The van der Waals surface area contributed by atoms with E-state index in [2.05, 4.69) is 57.7 Å². The van der Waals surface area contributed by atoms with Crippen molar-refractivity contribution < 1.29 is 0 Å². The minimum absolute atomic E-state index is 0.240. The summed E-state index contributed by atoms with van der Waals surface area (Å²) in [6.07, 6.45) is 2.69. The minimum atomic E-state index is 0.240. The Bertz CT molecular complexity index is 406. The SMILES string of the molecule is CC(C)c1ccc(C(C)(C)C)cc1N1CCCC1. The predicted molar refractivity (Wildman–Crippen MR) is 80.7 cm³/mol. The van der Waals surface area contributed by atoms with Crippen LogP contribution in [-0.2, 0) is 5.41 Å². The zero-order valence-electron chi connectivity index (χ0n) is 12.6. The molecule has 0 N–H and O–H groups in total. The van der Waals surface area contributed by atoms with Crippen LogP contribution < -0.4 is 4.90 Å². The minimum Gasteiger partial charge on any atom is -0.371 e. The maximum Gasteiger partial charge on any atom is 0.0404 e. The lowest BCUT2D eigenvalue weighted by Gasteiger charge is -2.27. The van der Waals surface area contributed by atoms with Gasteiger partial charge in [-0.2, -0.15) is 0 Å². The first kappa shape index (κ1) is 13.5. The fraction of sp³-hybridized carbons (Fsp3) is 0.647. The topological polar surface area (TPSA) is 3.24 Å². The van der Waals surface area contributed by atoms with Gasteiger partial charge in [0.1, 0.15) is 0 Å². The molecule has 0 amide bonds. The molecule has 1 heteroatoms. The Kier molecular flexibility index (Phi) is 3.70. The summed E-state index contributed by atoms with van der Waals surface area (Å²) in [5, 5.41) is 0. The number of hydrogen-bond acceptors (Lipinski definition) is 1. The molecule has 1 fully saturated rings. The van der Waals surface area contributed by atoms with Gasteiger partial charge in [0.25, 0.3) is 0 Å². The highest BCUT2D eigenvalue weighted by atomic mass is 15.1. The monoisotopic (exact) mass is 245 g/mol. The molecule has 1 aromatic rings. The van der Waals surface area contributed by atoms with Gasteiger partial charge in [-0.3, -0.25) is 0 Å². The van der Waals surface area contributed by atoms with Crippen molar-refractivity contribution in [2.24, 2.45) is 0 Å². The fourth-order valence-electron chi connectivity index (χ4n) is 2.73. The molecule has 0 aliphatic carbocycles. The third-order valence-electron chi connectivity index (χ3n) is 3.97. The van der Waals surface area contributed by atoms with Crippen LogP contribution in [0.4, 0.5) is 5.69 Å². The molecule has 1 heterocycles. The van der Waals surface area contributed by atoms with Crippen LogP contribution in [0.15, 0.2) is 18.2 Å². The van der Waals surface area contributed by atoms with Crippen LogP contribution in [0.5, 0.6) is 0 Å². The zero-order chi connectivity index (χ0) is 13.3. The highest BCUT2D eigenvalue weighted by Crippen LogP contribution is 2.34. The molecule has 1 nitrogen and oxygen atoms in total. The molecule has 0 radical (unpaired) electrons. The Balaban J connectivity index is 2.44. The summed E-state index contributed by atoms with van der Waals surface area (Å²) in [5.74, 6) is 0.606. The molecule has 2 rings (SSSR count). The highest BCUT2D eigenvalue weighted by Gasteiger charge is 2.21. The third-order valence-corrected chi connectivity index (χ3v) is 3.97. The van der Waals surface area contributed by atoms with Crippen molar-refractivity contribution in [2.45, 2.75) is 58.8 Å². The van der Waals surface area contributed by atoms with E-state index in [9.17, 15) is 0 Å². The first-order valence-corrected chi connectivity index (χ1v) is 7.29. The van der Waals surface area contributed by atoms with Gasteiger partial charge in [0.2, 0.25) is 0 Å². The van der Waals surface area contributed by atoms with E-state index >= 15 is 0 Å². The van der Waals surface area contributed by atoms with Gasteiger partial charge in [-0.25, -0.2) is 0 Å². The van der Waals surface area contributed by atoms with E-state index < -0.39 is 0 Å². The van der Waals surface area contributed by atoms with Crippen LogP contribution in [0.2, 0.25) is 0 Å². The van der Waals surface area contributed by atoms with Gasteiger partial charge < -0.3 is 4.90 Å².